The van der Waals surface area contributed by atoms with Gasteiger partial charge in [-0.05, 0) is 35.0 Å². The van der Waals surface area contributed by atoms with Crippen LogP contribution in [-0.2, 0) is 11.3 Å². The lowest BCUT2D eigenvalue weighted by atomic mass is 10.2. The minimum absolute atomic E-state index is 0.00826. The van der Waals surface area contributed by atoms with E-state index in [2.05, 4.69) is 20.8 Å². The standard InChI is InChI=1S/C17H17N5O2/c1-12-8-9-15(24-2)14(10-12)18-16(23)11-22-17(19-20-21-22)13-6-4-3-5-7-13/h3-10H,11H2,1-2H3,(H,18,23). The summed E-state index contributed by atoms with van der Waals surface area (Å²) in [5.74, 6) is 0.916. The number of anilines is 1. The minimum Gasteiger partial charge on any atom is -0.495 e. The zero-order chi connectivity index (χ0) is 16.9. The van der Waals surface area contributed by atoms with Gasteiger partial charge in [0.2, 0.25) is 5.91 Å². The topological polar surface area (TPSA) is 81.9 Å². The van der Waals surface area contributed by atoms with Gasteiger partial charge in [-0.15, -0.1) is 5.10 Å². The lowest BCUT2D eigenvalue weighted by Crippen LogP contribution is -2.20. The number of nitrogens with one attached hydrogen (secondary N) is 1. The van der Waals surface area contributed by atoms with E-state index in [1.165, 1.54) is 4.68 Å². The van der Waals surface area contributed by atoms with E-state index in [1.807, 2.05) is 55.5 Å². The lowest BCUT2D eigenvalue weighted by Gasteiger charge is -2.11. The molecule has 122 valence electrons. The molecule has 1 N–H and O–H groups in total. The number of carbonyl (C=O) groups excluding carboxylic acids is 1. The zero-order valence-corrected chi connectivity index (χ0v) is 13.4. The Kier molecular flexibility index (Phi) is 4.51. The molecule has 1 heterocycles. The van der Waals surface area contributed by atoms with Crippen molar-refractivity contribution in [3.8, 4) is 17.1 Å². The maximum atomic E-state index is 12.4. The van der Waals surface area contributed by atoms with Crippen molar-refractivity contribution in [3.05, 3.63) is 54.1 Å². The predicted octanol–water partition coefficient (Wildman–Crippen LogP) is 2.30. The highest BCUT2D eigenvalue weighted by Gasteiger charge is 2.13. The van der Waals surface area contributed by atoms with Crippen molar-refractivity contribution < 1.29 is 9.53 Å². The molecule has 0 atom stereocenters. The second kappa shape index (κ2) is 6.91. The summed E-state index contributed by atoms with van der Waals surface area (Å²) < 4.78 is 6.73. The Morgan fingerprint density at radius 2 is 2.00 bits per heavy atom. The first-order valence-electron chi connectivity index (χ1n) is 7.43. The molecule has 7 nitrogen and oxygen atoms in total. The van der Waals surface area contributed by atoms with Crippen LogP contribution < -0.4 is 10.1 Å². The van der Waals surface area contributed by atoms with Gasteiger partial charge in [0, 0.05) is 5.56 Å². The molecule has 0 saturated heterocycles. The van der Waals surface area contributed by atoms with Gasteiger partial charge in [0.25, 0.3) is 0 Å². The average molecular weight is 323 g/mol. The number of aromatic nitrogens is 4. The van der Waals surface area contributed by atoms with Gasteiger partial charge in [-0.1, -0.05) is 36.4 Å². The molecule has 24 heavy (non-hydrogen) atoms. The summed E-state index contributed by atoms with van der Waals surface area (Å²) in [4.78, 5) is 12.4. The third kappa shape index (κ3) is 3.40. The lowest BCUT2D eigenvalue weighted by molar-refractivity contribution is -0.116. The minimum atomic E-state index is -0.233. The molecule has 0 aliphatic carbocycles. The van der Waals surface area contributed by atoms with Crippen molar-refractivity contribution in [3.63, 3.8) is 0 Å². The summed E-state index contributed by atoms with van der Waals surface area (Å²) >= 11 is 0. The molecule has 0 radical (unpaired) electrons. The monoisotopic (exact) mass is 323 g/mol. The number of hydrogen-bond acceptors (Lipinski definition) is 5. The van der Waals surface area contributed by atoms with Crippen molar-refractivity contribution in [2.24, 2.45) is 0 Å². The second-order valence-electron chi connectivity index (χ2n) is 5.28. The molecule has 7 heteroatoms. The highest BCUT2D eigenvalue weighted by Crippen LogP contribution is 2.25. The number of benzene rings is 2. The second-order valence-corrected chi connectivity index (χ2v) is 5.28. The smallest absolute Gasteiger partial charge is 0.246 e. The van der Waals surface area contributed by atoms with Crippen LogP contribution in [0.5, 0.6) is 5.75 Å². The predicted molar refractivity (Wildman–Crippen MR) is 89.6 cm³/mol. The van der Waals surface area contributed by atoms with E-state index in [0.717, 1.165) is 11.1 Å². The van der Waals surface area contributed by atoms with Crippen LogP contribution in [0.15, 0.2) is 48.5 Å². The van der Waals surface area contributed by atoms with Crippen molar-refractivity contribution in [1.82, 2.24) is 20.2 Å². The highest BCUT2D eigenvalue weighted by atomic mass is 16.5. The van der Waals surface area contributed by atoms with Crippen molar-refractivity contribution in [1.29, 1.82) is 0 Å². The molecule has 2 aromatic carbocycles. The summed E-state index contributed by atoms with van der Waals surface area (Å²) in [6.45, 7) is 1.96. The van der Waals surface area contributed by atoms with Crippen LogP contribution in [0.2, 0.25) is 0 Å². The molecule has 3 aromatic rings. The molecule has 3 rings (SSSR count). The van der Waals surface area contributed by atoms with E-state index in [4.69, 9.17) is 4.74 Å². The molecule has 0 bridgehead atoms. The molecular formula is C17H17N5O2. The summed E-state index contributed by atoms with van der Waals surface area (Å²) in [6.07, 6.45) is 0. The number of ether oxygens (including phenoxy) is 1. The number of carbonyl (C=O) groups is 1. The van der Waals surface area contributed by atoms with Crippen LogP contribution >= 0.6 is 0 Å². The van der Waals surface area contributed by atoms with Gasteiger partial charge in [0.1, 0.15) is 12.3 Å². The van der Waals surface area contributed by atoms with Gasteiger partial charge in [-0.3, -0.25) is 4.79 Å². The first-order chi connectivity index (χ1) is 11.7. The summed E-state index contributed by atoms with van der Waals surface area (Å²) in [7, 11) is 1.56. The van der Waals surface area contributed by atoms with E-state index in [1.54, 1.807) is 7.11 Å². The Balaban J connectivity index is 1.77. The number of amides is 1. The van der Waals surface area contributed by atoms with Crippen LogP contribution in [0.4, 0.5) is 5.69 Å². The van der Waals surface area contributed by atoms with Crippen LogP contribution in [0, 0.1) is 6.92 Å². The molecule has 1 aromatic heterocycles. The van der Waals surface area contributed by atoms with Gasteiger partial charge in [0.15, 0.2) is 5.82 Å². The third-order valence-electron chi connectivity index (χ3n) is 3.49. The molecule has 0 fully saturated rings. The number of hydrogen-bond donors (Lipinski definition) is 1. The fourth-order valence-corrected chi connectivity index (χ4v) is 2.35. The highest BCUT2D eigenvalue weighted by molar-refractivity contribution is 5.92. The summed E-state index contributed by atoms with van der Waals surface area (Å²) in [6, 6.07) is 15.1. The van der Waals surface area contributed by atoms with Crippen molar-refractivity contribution in [2.75, 3.05) is 12.4 Å². The number of aryl methyl sites for hydroxylation is 1. The fraction of sp³-hybridized carbons (Fsp3) is 0.176. The Hall–Kier alpha value is -3.22. The van der Waals surface area contributed by atoms with E-state index in [-0.39, 0.29) is 12.5 Å². The molecule has 0 spiro atoms. The largest absolute Gasteiger partial charge is 0.495 e. The number of methoxy groups -OCH3 is 1. The number of nitrogens with zero attached hydrogens (tertiary/aromatic N) is 4. The van der Waals surface area contributed by atoms with Gasteiger partial charge >= 0.3 is 0 Å². The zero-order valence-electron chi connectivity index (χ0n) is 13.4. The molecule has 0 aliphatic rings. The molecular weight excluding hydrogens is 306 g/mol. The van der Waals surface area contributed by atoms with Crippen molar-refractivity contribution >= 4 is 11.6 Å². The summed E-state index contributed by atoms with van der Waals surface area (Å²) in [5.41, 5.74) is 2.50. The van der Waals surface area contributed by atoms with Gasteiger partial charge in [-0.25, -0.2) is 4.68 Å². The molecule has 0 unspecified atom stereocenters. The average Bonchev–Trinajstić information content (AvgIpc) is 3.04. The van der Waals surface area contributed by atoms with E-state index in [0.29, 0.717) is 17.3 Å². The first-order valence-corrected chi connectivity index (χ1v) is 7.43. The quantitative estimate of drug-likeness (QED) is 0.779. The van der Waals surface area contributed by atoms with Gasteiger partial charge < -0.3 is 10.1 Å². The van der Waals surface area contributed by atoms with E-state index >= 15 is 0 Å². The molecule has 1 amide bonds. The Bertz CT molecular complexity index is 845. The molecule has 0 saturated carbocycles. The fourth-order valence-electron chi connectivity index (χ4n) is 2.35. The van der Waals surface area contributed by atoms with Gasteiger partial charge in [-0.2, -0.15) is 0 Å². The Morgan fingerprint density at radius 3 is 2.75 bits per heavy atom. The first kappa shape index (κ1) is 15.7. The van der Waals surface area contributed by atoms with Crippen LogP contribution in [0.1, 0.15) is 5.56 Å². The van der Waals surface area contributed by atoms with Crippen LogP contribution in [0.25, 0.3) is 11.4 Å². The van der Waals surface area contributed by atoms with Gasteiger partial charge in [0.05, 0.1) is 12.8 Å². The maximum absolute atomic E-state index is 12.4. The SMILES string of the molecule is COc1ccc(C)cc1NC(=O)Cn1nnnc1-c1ccccc1. The summed E-state index contributed by atoms with van der Waals surface area (Å²) in [5, 5.41) is 14.4. The van der Waals surface area contributed by atoms with Crippen molar-refractivity contribution in [2.45, 2.75) is 13.5 Å². The van der Waals surface area contributed by atoms with Crippen LogP contribution in [-0.4, -0.2) is 33.2 Å². The third-order valence-corrected chi connectivity index (χ3v) is 3.49. The molecule has 0 aliphatic heterocycles. The number of tetrazole rings is 1. The Morgan fingerprint density at radius 1 is 1.21 bits per heavy atom. The normalized spacial score (nSPS) is 10.4. The Labute approximate surface area is 139 Å². The van der Waals surface area contributed by atoms with E-state index < -0.39 is 0 Å². The maximum Gasteiger partial charge on any atom is 0.246 e. The number of rotatable bonds is 5. The van der Waals surface area contributed by atoms with E-state index in [9.17, 15) is 4.79 Å². The van der Waals surface area contributed by atoms with Crippen LogP contribution in [0.3, 0.4) is 0 Å².